The molecule has 104 valence electrons. The van der Waals surface area contributed by atoms with E-state index in [1.807, 2.05) is 0 Å². The number of pyridine rings is 1. The molecule has 0 bridgehead atoms. The maximum atomic E-state index is 10.9. The first-order chi connectivity index (χ1) is 9.38. The van der Waals surface area contributed by atoms with Crippen molar-refractivity contribution in [2.75, 3.05) is 0 Å². The van der Waals surface area contributed by atoms with E-state index < -0.39 is 5.97 Å². The molecule has 1 heterocycles. The molecule has 7 heteroatoms. The van der Waals surface area contributed by atoms with E-state index >= 15 is 0 Å². The van der Waals surface area contributed by atoms with Gasteiger partial charge in [0.25, 0.3) is 0 Å². The van der Waals surface area contributed by atoms with E-state index in [4.69, 9.17) is 51.5 Å². The average molecular weight is 351 g/mol. The van der Waals surface area contributed by atoms with E-state index in [-0.39, 0.29) is 26.6 Å². The lowest BCUT2D eigenvalue weighted by molar-refractivity contribution is -0.136. The maximum absolute atomic E-state index is 10.9. The van der Waals surface area contributed by atoms with Crippen molar-refractivity contribution < 1.29 is 9.90 Å². The Morgan fingerprint density at radius 1 is 1.10 bits per heavy atom. The molecule has 0 aliphatic carbocycles. The number of carboxylic acids is 1. The lowest BCUT2D eigenvalue weighted by atomic mass is 10.0. The molecule has 20 heavy (non-hydrogen) atoms. The highest BCUT2D eigenvalue weighted by Crippen LogP contribution is 2.36. The van der Waals surface area contributed by atoms with Crippen molar-refractivity contribution in [2.24, 2.45) is 0 Å². The first kappa shape index (κ1) is 15.4. The topological polar surface area (TPSA) is 50.2 Å². The normalized spacial score (nSPS) is 10.6. The summed E-state index contributed by atoms with van der Waals surface area (Å²) in [7, 11) is 0. The monoisotopic (exact) mass is 349 g/mol. The number of carbonyl (C=O) groups is 1. The molecule has 0 aliphatic rings. The van der Waals surface area contributed by atoms with Gasteiger partial charge in [-0.3, -0.25) is 4.79 Å². The van der Waals surface area contributed by atoms with Crippen molar-refractivity contribution in [1.82, 2.24) is 4.98 Å². The van der Waals surface area contributed by atoms with Gasteiger partial charge in [-0.15, -0.1) is 0 Å². The Balaban J connectivity index is 2.61. The molecular weight excluding hydrogens is 344 g/mol. The molecule has 0 saturated carbocycles. The standard InChI is InChI=1S/C13H7Cl4NO2/c14-8-3-7(4-9(15)12(8)17)13-6(5-11(19)20)1-2-10(16)18-13/h1-4H,5H2,(H,19,20). The molecule has 0 aliphatic heterocycles. The second-order valence-electron chi connectivity index (χ2n) is 3.97. The van der Waals surface area contributed by atoms with Crippen molar-refractivity contribution >= 4 is 52.4 Å². The van der Waals surface area contributed by atoms with Gasteiger partial charge in [0.2, 0.25) is 0 Å². The number of benzene rings is 1. The van der Waals surface area contributed by atoms with E-state index in [0.717, 1.165) is 0 Å². The van der Waals surface area contributed by atoms with Gasteiger partial charge in [0.1, 0.15) is 5.15 Å². The number of aromatic nitrogens is 1. The van der Waals surface area contributed by atoms with Gasteiger partial charge in [-0.25, -0.2) is 4.98 Å². The third kappa shape index (κ3) is 3.36. The van der Waals surface area contributed by atoms with Crippen LogP contribution in [0.15, 0.2) is 24.3 Å². The van der Waals surface area contributed by atoms with Crippen LogP contribution < -0.4 is 0 Å². The van der Waals surface area contributed by atoms with E-state index in [2.05, 4.69) is 4.98 Å². The van der Waals surface area contributed by atoms with Crippen LogP contribution in [0.3, 0.4) is 0 Å². The Hall–Kier alpha value is -1.000. The molecule has 3 nitrogen and oxygen atoms in total. The highest BCUT2D eigenvalue weighted by atomic mass is 35.5. The van der Waals surface area contributed by atoms with Gasteiger partial charge in [-0.05, 0) is 23.8 Å². The summed E-state index contributed by atoms with van der Waals surface area (Å²) in [5, 5.41) is 9.93. The Morgan fingerprint density at radius 3 is 2.25 bits per heavy atom. The third-order valence-electron chi connectivity index (χ3n) is 2.54. The zero-order valence-corrected chi connectivity index (χ0v) is 12.9. The van der Waals surface area contributed by atoms with Gasteiger partial charge >= 0.3 is 5.97 Å². The summed E-state index contributed by atoms with van der Waals surface area (Å²) >= 11 is 23.7. The highest BCUT2D eigenvalue weighted by molar-refractivity contribution is 6.48. The summed E-state index contributed by atoms with van der Waals surface area (Å²) in [6.07, 6.45) is -0.183. The van der Waals surface area contributed by atoms with Crippen LogP contribution in [-0.4, -0.2) is 16.1 Å². The second-order valence-corrected chi connectivity index (χ2v) is 5.55. The van der Waals surface area contributed by atoms with Gasteiger partial charge in [0.15, 0.2) is 0 Å². The third-order valence-corrected chi connectivity index (χ3v) is 3.95. The minimum absolute atomic E-state index is 0.183. The number of rotatable bonds is 3. The molecule has 0 radical (unpaired) electrons. The van der Waals surface area contributed by atoms with Crippen LogP contribution in [0, 0.1) is 0 Å². The minimum Gasteiger partial charge on any atom is -0.481 e. The van der Waals surface area contributed by atoms with Crippen LogP contribution in [0.25, 0.3) is 11.3 Å². The molecule has 2 rings (SSSR count). The number of hydrogen-bond acceptors (Lipinski definition) is 2. The summed E-state index contributed by atoms with van der Waals surface area (Å²) < 4.78 is 0. The lowest BCUT2D eigenvalue weighted by Gasteiger charge is -2.09. The summed E-state index contributed by atoms with van der Waals surface area (Å²) in [6.45, 7) is 0. The quantitative estimate of drug-likeness (QED) is 0.626. The van der Waals surface area contributed by atoms with E-state index in [0.29, 0.717) is 16.8 Å². The van der Waals surface area contributed by atoms with E-state index in [1.165, 1.54) is 6.07 Å². The Morgan fingerprint density at radius 2 is 1.70 bits per heavy atom. The molecule has 1 aromatic heterocycles. The zero-order chi connectivity index (χ0) is 14.9. The molecule has 0 atom stereocenters. The lowest BCUT2D eigenvalue weighted by Crippen LogP contribution is -2.03. The molecule has 0 amide bonds. The first-order valence-corrected chi connectivity index (χ1v) is 6.92. The number of halogens is 4. The van der Waals surface area contributed by atoms with Crippen molar-refractivity contribution in [1.29, 1.82) is 0 Å². The molecule has 0 unspecified atom stereocenters. The maximum Gasteiger partial charge on any atom is 0.307 e. The molecule has 1 aromatic carbocycles. The molecule has 2 aromatic rings. The Kier molecular flexibility index (Phi) is 4.76. The van der Waals surface area contributed by atoms with Gasteiger partial charge in [0, 0.05) is 5.56 Å². The van der Waals surface area contributed by atoms with Crippen LogP contribution in [0.5, 0.6) is 0 Å². The molecule has 0 fully saturated rings. The number of hydrogen-bond donors (Lipinski definition) is 1. The average Bonchev–Trinajstić information content (AvgIpc) is 2.37. The first-order valence-electron chi connectivity index (χ1n) is 5.40. The van der Waals surface area contributed by atoms with E-state index in [1.54, 1.807) is 18.2 Å². The Bertz CT molecular complexity index is 665. The smallest absolute Gasteiger partial charge is 0.307 e. The summed E-state index contributed by atoms with van der Waals surface area (Å²) in [5.74, 6) is -0.971. The van der Waals surface area contributed by atoms with Gasteiger partial charge < -0.3 is 5.11 Å². The fourth-order valence-electron chi connectivity index (χ4n) is 1.71. The van der Waals surface area contributed by atoms with Crippen molar-refractivity contribution in [3.63, 3.8) is 0 Å². The fourth-order valence-corrected chi connectivity index (χ4v) is 2.46. The van der Waals surface area contributed by atoms with Crippen LogP contribution in [-0.2, 0) is 11.2 Å². The predicted molar refractivity (Wildman–Crippen MR) is 81.1 cm³/mol. The van der Waals surface area contributed by atoms with Crippen LogP contribution in [0.2, 0.25) is 20.2 Å². The van der Waals surface area contributed by atoms with Gasteiger partial charge in [-0.1, -0.05) is 52.5 Å². The molecule has 0 spiro atoms. The molecular formula is C13H7Cl4NO2. The van der Waals surface area contributed by atoms with Crippen LogP contribution in [0.4, 0.5) is 0 Å². The zero-order valence-electron chi connectivity index (χ0n) is 9.83. The van der Waals surface area contributed by atoms with Crippen molar-refractivity contribution in [2.45, 2.75) is 6.42 Å². The SMILES string of the molecule is O=C(O)Cc1ccc(Cl)nc1-c1cc(Cl)c(Cl)c(Cl)c1. The van der Waals surface area contributed by atoms with Crippen molar-refractivity contribution in [3.05, 3.63) is 50.0 Å². The summed E-state index contributed by atoms with van der Waals surface area (Å²) in [6, 6.07) is 6.28. The minimum atomic E-state index is -0.971. The fraction of sp³-hybridized carbons (Fsp3) is 0.0769. The summed E-state index contributed by atoms with van der Waals surface area (Å²) in [5.41, 5.74) is 1.49. The predicted octanol–water partition coefficient (Wildman–Crippen LogP) is 4.99. The highest BCUT2D eigenvalue weighted by Gasteiger charge is 2.14. The summed E-state index contributed by atoms with van der Waals surface area (Å²) in [4.78, 5) is 15.0. The number of carboxylic acid groups (broad SMARTS) is 1. The van der Waals surface area contributed by atoms with Crippen LogP contribution in [0.1, 0.15) is 5.56 Å². The molecule has 0 saturated heterocycles. The molecule has 1 N–H and O–H groups in total. The van der Waals surface area contributed by atoms with Gasteiger partial charge in [0.05, 0.1) is 27.2 Å². The van der Waals surface area contributed by atoms with Crippen molar-refractivity contribution in [3.8, 4) is 11.3 Å². The Labute approximate surface area is 135 Å². The number of nitrogens with zero attached hydrogens (tertiary/aromatic N) is 1. The van der Waals surface area contributed by atoms with Gasteiger partial charge in [-0.2, -0.15) is 0 Å². The van der Waals surface area contributed by atoms with E-state index in [9.17, 15) is 4.79 Å². The van der Waals surface area contributed by atoms with Crippen LogP contribution >= 0.6 is 46.4 Å². The number of aliphatic carboxylic acids is 1. The largest absolute Gasteiger partial charge is 0.481 e. The second kappa shape index (κ2) is 6.19.